The summed E-state index contributed by atoms with van der Waals surface area (Å²) in [6.07, 6.45) is 0. The molecule has 2 aromatic rings. The van der Waals surface area contributed by atoms with Gasteiger partial charge in [0.05, 0.1) is 11.4 Å². The second kappa shape index (κ2) is 6.72. The molecule has 1 saturated heterocycles. The number of phenolic OH excluding ortho intramolecular Hbond substituents is 1. The first kappa shape index (κ1) is 18.6. The number of carbonyl (C=O) groups is 2. The Bertz CT molecular complexity index is 1050. The first-order valence-corrected chi connectivity index (χ1v) is 10.0. The van der Waals surface area contributed by atoms with Gasteiger partial charge in [-0.25, -0.2) is 4.99 Å². The number of rotatable bonds is 1. The number of aliphatic imine (C=N–C) groups is 1. The lowest BCUT2D eigenvalue weighted by Gasteiger charge is -2.33. The molecule has 0 aromatic heterocycles. The minimum atomic E-state index is -0.767. The summed E-state index contributed by atoms with van der Waals surface area (Å²) >= 11 is 6.92. The molecule has 142 valence electrons. The zero-order valence-corrected chi connectivity index (χ0v) is 16.9. The minimum absolute atomic E-state index is 0.0455. The van der Waals surface area contributed by atoms with Crippen LogP contribution in [0.1, 0.15) is 23.6 Å². The van der Waals surface area contributed by atoms with Crippen LogP contribution in [0.3, 0.4) is 0 Å². The highest BCUT2D eigenvalue weighted by molar-refractivity contribution is 8.01. The average Bonchev–Trinajstić information content (AvgIpc) is 3.12. The number of nitrogens with zero attached hydrogens (tertiary/aromatic N) is 2. The van der Waals surface area contributed by atoms with E-state index in [9.17, 15) is 14.7 Å². The van der Waals surface area contributed by atoms with Crippen LogP contribution in [0.2, 0.25) is 0 Å². The average molecular weight is 412 g/mol. The Hall–Kier alpha value is -2.71. The van der Waals surface area contributed by atoms with Gasteiger partial charge in [-0.1, -0.05) is 24.3 Å². The summed E-state index contributed by atoms with van der Waals surface area (Å²) in [4.78, 5) is 30.1. The van der Waals surface area contributed by atoms with E-state index in [2.05, 4.69) is 10.3 Å². The van der Waals surface area contributed by atoms with E-state index in [1.165, 1.54) is 16.7 Å². The van der Waals surface area contributed by atoms with Gasteiger partial charge in [-0.2, -0.15) is 0 Å². The molecule has 1 unspecified atom stereocenters. The molecule has 2 heterocycles. The number of carbonyl (C=O) groups excluding carboxylic acids is 2. The quantitative estimate of drug-likeness (QED) is 0.705. The number of anilines is 1. The SMILES string of the molecule is Cc1ccc2c(c1)NC(=O)C2=NC(=S)N1C(=O)CSC1(C)c1ccc(O)cc1. The van der Waals surface area contributed by atoms with Crippen molar-refractivity contribution in [3.8, 4) is 5.75 Å². The monoisotopic (exact) mass is 411 g/mol. The number of thioether (sulfide) groups is 1. The summed E-state index contributed by atoms with van der Waals surface area (Å²) in [6, 6.07) is 12.2. The number of aromatic hydroxyl groups is 1. The normalized spacial score (nSPS) is 22.5. The third kappa shape index (κ3) is 2.98. The number of thiocarbonyl (C=S) groups is 1. The maximum atomic E-state index is 12.6. The highest BCUT2D eigenvalue weighted by Crippen LogP contribution is 2.45. The van der Waals surface area contributed by atoms with Crippen molar-refractivity contribution in [2.24, 2.45) is 4.99 Å². The van der Waals surface area contributed by atoms with Crippen molar-refractivity contribution >= 4 is 52.3 Å². The number of hydrogen-bond donors (Lipinski definition) is 2. The van der Waals surface area contributed by atoms with Gasteiger partial charge in [0.25, 0.3) is 5.91 Å². The number of fused-ring (bicyclic) bond motifs is 1. The van der Waals surface area contributed by atoms with Crippen molar-refractivity contribution in [1.29, 1.82) is 0 Å². The number of phenols is 1. The van der Waals surface area contributed by atoms with Gasteiger partial charge in [0.2, 0.25) is 11.0 Å². The third-order valence-corrected chi connectivity index (χ3v) is 6.49. The predicted octanol–water partition coefficient (Wildman–Crippen LogP) is 3.18. The standard InChI is InChI=1S/C20H17N3O3S2/c1-11-3-8-14-15(9-11)21-18(26)17(14)22-19(27)23-16(25)10-28-20(23,2)12-4-6-13(24)7-5-12/h3-9,24H,10H2,1-2H3,(H,21,22,26,27). The lowest BCUT2D eigenvalue weighted by molar-refractivity contribution is -0.125. The lowest BCUT2D eigenvalue weighted by atomic mass is 10.1. The fourth-order valence-corrected chi connectivity index (χ4v) is 4.96. The molecule has 2 N–H and O–H groups in total. The maximum Gasteiger partial charge on any atom is 0.275 e. The van der Waals surface area contributed by atoms with Crippen LogP contribution in [0.15, 0.2) is 47.5 Å². The number of hydrogen-bond acceptors (Lipinski definition) is 5. The molecule has 2 amide bonds. The van der Waals surface area contributed by atoms with Crippen LogP contribution in [0.4, 0.5) is 5.69 Å². The van der Waals surface area contributed by atoms with Gasteiger partial charge < -0.3 is 10.4 Å². The number of aryl methyl sites for hydroxylation is 1. The second-order valence-electron chi connectivity index (χ2n) is 6.79. The van der Waals surface area contributed by atoms with Crippen LogP contribution in [0, 0.1) is 6.92 Å². The smallest absolute Gasteiger partial charge is 0.275 e. The Labute approximate surface area is 171 Å². The van der Waals surface area contributed by atoms with Crippen LogP contribution < -0.4 is 5.32 Å². The van der Waals surface area contributed by atoms with Gasteiger partial charge in [-0.05, 0) is 55.4 Å². The molecule has 0 saturated carbocycles. The molecule has 4 rings (SSSR count). The molecule has 2 aliphatic rings. The Morgan fingerprint density at radius 2 is 1.96 bits per heavy atom. The molecular formula is C20H17N3O3S2. The van der Waals surface area contributed by atoms with E-state index in [1.54, 1.807) is 24.3 Å². The topological polar surface area (TPSA) is 82.0 Å². The minimum Gasteiger partial charge on any atom is -0.508 e. The van der Waals surface area contributed by atoms with Gasteiger partial charge in [-0.3, -0.25) is 14.5 Å². The first-order valence-electron chi connectivity index (χ1n) is 8.61. The Morgan fingerprint density at radius 3 is 2.68 bits per heavy atom. The second-order valence-corrected chi connectivity index (χ2v) is 8.53. The summed E-state index contributed by atoms with van der Waals surface area (Å²) in [5.41, 5.74) is 3.40. The van der Waals surface area contributed by atoms with Crippen LogP contribution in [-0.2, 0) is 14.5 Å². The summed E-state index contributed by atoms with van der Waals surface area (Å²) in [5, 5.41) is 12.4. The number of nitrogens with one attached hydrogen (secondary N) is 1. The van der Waals surface area contributed by atoms with Crippen LogP contribution in [0.25, 0.3) is 0 Å². The molecular weight excluding hydrogens is 394 g/mol. The molecule has 0 bridgehead atoms. The summed E-state index contributed by atoms with van der Waals surface area (Å²) in [5.74, 6) is -0.110. The van der Waals surface area contributed by atoms with Crippen LogP contribution in [-0.4, -0.2) is 38.4 Å². The van der Waals surface area contributed by atoms with Crippen molar-refractivity contribution in [2.45, 2.75) is 18.7 Å². The van der Waals surface area contributed by atoms with Crippen molar-refractivity contribution in [2.75, 3.05) is 11.1 Å². The molecule has 28 heavy (non-hydrogen) atoms. The van der Waals surface area contributed by atoms with Crippen LogP contribution in [0.5, 0.6) is 5.75 Å². The molecule has 0 spiro atoms. The molecule has 0 radical (unpaired) electrons. The van der Waals surface area contributed by atoms with E-state index in [4.69, 9.17) is 12.2 Å². The maximum absolute atomic E-state index is 12.6. The van der Waals surface area contributed by atoms with Gasteiger partial charge in [0.15, 0.2) is 0 Å². The van der Waals surface area contributed by atoms with E-state index in [1.807, 2.05) is 32.0 Å². The molecule has 1 fully saturated rings. The zero-order chi connectivity index (χ0) is 20.1. The molecule has 1 atom stereocenters. The number of amides is 2. The van der Waals surface area contributed by atoms with Crippen molar-refractivity contribution in [3.63, 3.8) is 0 Å². The fraction of sp³-hybridized carbons (Fsp3) is 0.200. The predicted molar refractivity (Wildman–Crippen MR) is 114 cm³/mol. The van der Waals surface area contributed by atoms with Gasteiger partial charge in [0.1, 0.15) is 16.3 Å². The molecule has 6 nitrogen and oxygen atoms in total. The Kier molecular flexibility index (Phi) is 4.47. The lowest BCUT2D eigenvalue weighted by Crippen LogP contribution is -2.43. The summed E-state index contributed by atoms with van der Waals surface area (Å²) < 4.78 is 0. The van der Waals surface area contributed by atoms with Crippen molar-refractivity contribution in [1.82, 2.24) is 4.90 Å². The Morgan fingerprint density at radius 1 is 1.25 bits per heavy atom. The Balaban J connectivity index is 1.72. The van der Waals surface area contributed by atoms with Gasteiger partial charge in [0, 0.05) is 5.56 Å². The summed E-state index contributed by atoms with van der Waals surface area (Å²) in [6.45, 7) is 3.82. The van der Waals surface area contributed by atoms with Crippen molar-refractivity contribution in [3.05, 3.63) is 59.2 Å². The number of benzene rings is 2. The third-order valence-electron chi connectivity index (χ3n) is 4.85. The van der Waals surface area contributed by atoms with E-state index < -0.39 is 4.87 Å². The summed E-state index contributed by atoms with van der Waals surface area (Å²) in [7, 11) is 0. The largest absolute Gasteiger partial charge is 0.508 e. The van der Waals surface area contributed by atoms with Crippen LogP contribution >= 0.6 is 24.0 Å². The van der Waals surface area contributed by atoms with Gasteiger partial charge in [-0.15, -0.1) is 11.8 Å². The van der Waals surface area contributed by atoms with Crippen molar-refractivity contribution < 1.29 is 14.7 Å². The van der Waals surface area contributed by atoms with E-state index >= 15 is 0 Å². The van der Waals surface area contributed by atoms with Gasteiger partial charge >= 0.3 is 0 Å². The highest BCUT2D eigenvalue weighted by atomic mass is 32.2. The first-order chi connectivity index (χ1) is 13.3. The van der Waals surface area contributed by atoms with E-state index in [-0.39, 0.29) is 34.1 Å². The van der Waals surface area contributed by atoms with E-state index in [0.29, 0.717) is 11.3 Å². The molecule has 2 aliphatic heterocycles. The highest BCUT2D eigenvalue weighted by Gasteiger charge is 2.46. The molecule has 2 aromatic carbocycles. The molecule has 0 aliphatic carbocycles. The fourth-order valence-electron chi connectivity index (χ4n) is 3.37. The zero-order valence-electron chi connectivity index (χ0n) is 15.2. The van der Waals surface area contributed by atoms with E-state index in [0.717, 1.165) is 11.1 Å². The molecule has 8 heteroatoms.